The van der Waals surface area contributed by atoms with E-state index in [1.54, 1.807) is 6.07 Å². The number of aromatic nitrogens is 1. The van der Waals surface area contributed by atoms with Crippen molar-refractivity contribution in [2.45, 2.75) is 44.3 Å². The number of halogens is 4. The molecule has 0 saturated heterocycles. The van der Waals surface area contributed by atoms with E-state index in [0.717, 1.165) is 19.0 Å². The lowest BCUT2D eigenvalue weighted by Crippen LogP contribution is -2.48. The number of nitrogens with one attached hydrogen (secondary N) is 1. The van der Waals surface area contributed by atoms with E-state index in [1.165, 1.54) is 25.1 Å². The standard InChI is InChI=1S/C20H18F4N2O/c1-19(12-20(22,23)24,9-3-4-13-7-8-13)26-18(27)15-10-14-5-2-6-16(21)17(14)25-11-15/h2,5-6,10-11,13H,7-9,12H2,1H3,(H,26,27)/t19-/m1/s1. The molecular weight excluding hydrogens is 360 g/mol. The molecule has 0 radical (unpaired) electrons. The minimum absolute atomic E-state index is 0.0663. The number of alkyl halides is 3. The Balaban J connectivity index is 1.81. The molecule has 142 valence electrons. The molecule has 1 aliphatic rings. The predicted octanol–water partition coefficient (Wildman–Crippen LogP) is 4.62. The van der Waals surface area contributed by atoms with E-state index in [9.17, 15) is 22.4 Å². The SMILES string of the molecule is C[C@@](CC#CC1CC1)(CC(F)(F)F)NC(=O)c1cnc2c(F)cccc2c1. The second-order valence-corrected chi connectivity index (χ2v) is 7.11. The first-order valence-electron chi connectivity index (χ1n) is 8.57. The molecule has 1 heterocycles. The van der Waals surface area contributed by atoms with Gasteiger partial charge in [-0.3, -0.25) is 9.78 Å². The van der Waals surface area contributed by atoms with Crippen molar-refractivity contribution in [2.24, 2.45) is 5.92 Å². The zero-order valence-corrected chi connectivity index (χ0v) is 14.7. The first-order valence-corrected chi connectivity index (χ1v) is 8.57. The molecule has 0 unspecified atom stereocenters. The monoisotopic (exact) mass is 378 g/mol. The van der Waals surface area contributed by atoms with Crippen molar-refractivity contribution < 1.29 is 22.4 Å². The number of carbonyl (C=O) groups excluding carboxylic acids is 1. The second-order valence-electron chi connectivity index (χ2n) is 7.11. The Kier molecular flexibility index (Phi) is 5.09. The largest absolute Gasteiger partial charge is 0.391 e. The topological polar surface area (TPSA) is 42.0 Å². The smallest absolute Gasteiger partial charge is 0.346 e. The zero-order valence-electron chi connectivity index (χ0n) is 14.7. The fraction of sp³-hybridized carbons (Fsp3) is 0.400. The summed E-state index contributed by atoms with van der Waals surface area (Å²) in [5.74, 6) is 4.72. The first-order chi connectivity index (χ1) is 12.7. The molecule has 7 heteroatoms. The Morgan fingerprint density at radius 2 is 2.07 bits per heavy atom. The number of amides is 1. The molecule has 1 aromatic heterocycles. The van der Waals surface area contributed by atoms with Crippen LogP contribution in [0, 0.1) is 23.6 Å². The van der Waals surface area contributed by atoms with Crippen LogP contribution in [-0.2, 0) is 0 Å². The highest BCUT2D eigenvalue weighted by Gasteiger charge is 2.40. The van der Waals surface area contributed by atoms with Crippen LogP contribution < -0.4 is 5.32 Å². The van der Waals surface area contributed by atoms with E-state index >= 15 is 0 Å². The molecule has 1 amide bonds. The van der Waals surface area contributed by atoms with Crippen molar-refractivity contribution in [2.75, 3.05) is 0 Å². The fourth-order valence-electron chi connectivity index (χ4n) is 2.81. The van der Waals surface area contributed by atoms with Crippen molar-refractivity contribution in [3.63, 3.8) is 0 Å². The molecule has 1 saturated carbocycles. The molecular formula is C20H18F4N2O. The average molecular weight is 378 g/mol. The molecule has 1 aliphatic carbocycles. The van der Waals surface area contributed by atoms with Gasteiger partial charge in [0.2, 0.25) is 0 Å². The summed E-state index contributed by atoms with van der Waals surface area (Å²) in [7, 11) is 0. The van der Waals surface area contributed by atoms with Gasteiger partial charge in [-0.25, -0.2) is 4.39 Å². The third-order valence-electron chi connectivity index (χ3n) is 4.29. The molecule has 0 spiro atoms. The molecule has 1 aromatic carbocycles. The maximum atomic E-state index is 13.7. The lowest BCUT2D eigenvalue weighted by Gasteiger charge is -2.30. The van der Waals surface area contributed by atoms with E-state index in [4.69, 9.17) is 0 Å². The number of benzene rings is 1. The van der Waals surface area contributed by atoms with Gasteiger partial charge in [0, 0.05) is 23.9 Å². The summed E-state index contributed by atoms with van der Waals surface area (Å²) in [5, 5.41) is 2.84. The number of hydrogen-bond acceptors (Lipinski definition) is 2. The summed E-state index contributed by atoms with van der Waals surface area (Å²) in [5.41, 5.74) is -1.40. The Labute approximate surface area is 154 Å². The van der Waals surface area contributed by atoms with Crippen LogP contribution in [0.5, 0.6) is 0 Å². The summed E-state index contributed by atoms with van der Waals surface area (Å²) in [6.07, 6.45) is -2.66. The zero-order chi connectivity index (χ0) is 19.7. The van der Waals surface area contributed by atoms with E-state index in [0.29, 0.717) is 5.39 Å². The van der Waals surface area contributed by atoms with Gasteiger partial charge in [-0.05, 0) is 31.9 Å². The van der Waals surface area contributed by atoms with Gasteiger partial charge in [0.05, 0.1) is 17.5 Å². The summed E-state index contributed by atoms with van der Waals surface area (Å²) >= 11 is 0. The maximum Gasteiger partial charge on any atom is 0.391 e. The van der Waals surface area contributed by atoms with Crippen LogP contribution in [0.25, 0.3) is 10.9 Å². The van der Waals surface area contributed by atoms with E-state index in [1.807, 2.05) is 0 Å². The normalized spacial score (nSPS) is 16.3. The molecule has 1 N–H and O–H groups in total. The van der Waals surface area contributed by atoms with Gasteiger partial charge in [-0.15, -0.1) is 5.92 Å². The fourth-order valence-corrected chi connectivity index (χ4v) is 2.81. The summed E-state index contributed by atoms with van der Waals surface area (Å²) in [6, 6.07) is 5.71. The molecule has 2 aromatic rings. The number of nitrogens with zero attached hydrogens (tertiary/aromatic N) is 1. The van der Waals surface area contributed by atoms with Gasteiger partial charge in [0.25, 0.3) is 5.91 Å². The number of pyridine rings is 1. The van der Waals surface area contributed by atoms with Crippen LogP contribution in [0.15, 0.2) is 30.5 Å². The van der Waals surface area contributed by atoms with Crippen LogP contribution in [0.4, 0.5) is 17.6 Å². The molecule has 0 bridgehead atoms. The second kappa shape index (κ2) is 7.18. The van der Waals surface area contributed by atoms with Crippen molar-refractivity contribution in [3.8, 4) is 11.8 Å². The lowest BCUT2D eigenvalue weighted by molar-refractivity contribution is -0.147. The lowest BCUT2D eigenvalue weighted by atomic mass is 9.92. The third-order valence-corrected chi connectivity index (χ3v) is 4.29. The van der Waals surface area contributed by atoms with Gasteiger partial charge in [0.1, 0.15) is 11.3 Å². The molecule has 1 atom stereocenters. The highest BCUT2D eigenvalue weighted by atomic mass is 19.4. The molecule has 27 heavy (non-hydrogen) atoms. The van der Waals surface area contributed by atoms with Crippen molar-refractivity contribution in [3.05, 3.63) is 41.8 Å². The average Bonchev–Trinajstić information content (AvgIpc) is 3.37. The minimum Gasteiger partial charge on any atom is -0.346 e. The van der Waals surface area contributed by atoms with Crippen LogP contribution in [0.1, 0.15) is 43.0 Å². The van der Waals surface area contributed by atoms with Gasteiger partial charge >= 0.3 is 6.18 Å². The van der Waals surface area contributed by atoms with Gasteiger partial charge in [-0.2, -0.15) is 13.2 Å². The molecule has 0 aliphatic heterocycles. The number of para-hydroxylation sites is 1. The Hall–Kier alpha value is -2.62. The number of carbonyl (C=O) groups is 1. The molecule has 3 nitrogen and oxygen atoms in total. The number of fused-ring (bicyclic) bond motifs is 1. The molecule has 1 fully saturated rings. The Morgan fingerprint density at radius 1 is 1.33 bits per heavy atom. The van der Waals surface area contributed by atoms with Crippen molar-refractivity contribution in [1.82, 2.24) is 10.3 Å². The number of hydrogen-bond donors (Lipinski definition) is 1. The van der Waals surface area contributed by atoms with Gasteiger partial charge in [-0.1, -0.05) is 18.1 Å². The highest BCUT2D eigenvalue weighted by Crippen LogP contribution is 2.31. The van der Waals surface area contributed by atoms with Crippen LogP contribution in [0.2, 0.25) is 0 Å². The highest BCUT2D eigenvalue weighted by molar-refractivity contribution is 5.97. The van der Waals surface area contributed by atoms with Gasteiger partial charge < -0.3 is 5.32 Å². The number of rotatable bonds is 4. The Morgan fingerprint density at radius 3 is 2.74 bits per heavy atom. The Bertz CT molecular complexity index is 925. The van der Waals surface area contributed by atoms with Crippen molar-refractivity contribution in [1.29, 1.82) is 0 Å². The summed E-state index contributed by atoms with van der Waals surface area (Å²) in [6.45, 7) is 1.33. The maximum absolute atomic E-state index is 13.7. The van der Waals surface area contributed by atoms with Crippen LogP contribution in [-0.4, -0.2) is 22.6 Å². The van der Waals surface area contributed by atoms with Crippen LogP contribution >= 0.6 is 0 Å². The van der Waals surface area contributed by atoms with E-state index in [2.05, 4.69) is 22.1 Å². The van der Waals surface area contributed by atoms with Crippen LogP contribution in [0.3, 0.4) is 0 Å². The van der Waals surface area contributed by atoms with Gasteiger partial charge in [0.15, 0.2) is 0 Å². The third kappa shape index (κ3) is 5.19. The summed E-state index contributed by atoms with van der Waals surface area (Å²) in [4.78, 5) is 16.4. The quantitative estimate of drug-likeness (QED) is 0.623. The first kappa shape index (κ1) is 19.2. The predicted molar refractivity (Wildman–Crippen MR) is 93.4 cm³/mol. The minimum atomic E-state index is -4.45. The van der Waals surface area contributed by atoms with E-state index < -0.39 is 29.9 Å². The van der Waals surface area contributed by atoms with E-state index in [-0.39, 0.29) is 23.4 Å². The van der Waals surface area contributed by atoms with Crippen molar-refractivity contribution >= 4 is 16.8 Å². The molecule has 3 rings (SSSR count). The summed E-state index contributed by atoms with van der Waals surface area (Å²) < 4.78 is 52.7.